The summed E-state index contributed by atoms with van der Waals surface area (Å²) in [6, 6.07) is 0. The SMILES string of the molecule is CCCN(C(C)=O)C1(C(=O)O)CCCC(C)CC1. The van der Waals surface area contributed by atoms with E-state index < -0.39 is 11.5 Å². The van der Waals surface area contributed by atoms with Gasteiger partial charge >= 0.3 is 5.97 Å². The van der Waals surface area contributed by atoms with Gasteiger partial charge in [-0.2, -0.15) is 0 Å². The second-order valence-corrected chi connectivity index (χ2v) is 5.54. The molecule has 104 valence electrons. The minimum Gasteiger partial charge on any atom is -0.479 e. The van der Waals surface area contributed by atoms with E-state index in [4.69, 9.17) is 0 Å². The van der Waals surface area contributed by atoms with Gasteiger partial charge in [-0.1, -0.05) is 26.7 Å². The standard InChI is InChI=1S/C14H25NO3/c1-4-10-15(12(3)16)14(13(17)18)8-5-6-11(2)7-9-14/h11H,4-10H2,1-3H3,(H,17,18). The number of carbonyl (C=O) groups excluding carboxylic acids is 1. The summed E-state index contributed by atoms with van der Waals surface area (Å²) in [6.07, 6.45) is 4.81. The molecule has 4 nitrogen and oxygen atoms in total. The molecule has 0 heterocycles. The molecular weight excluding hydrogens is 230 g/mol. The summed E-state index contributed by atoms with van der Waals surface area (Å²) in [5.41, 5.74) is -0.966. The zero-order chi connectivity index (χ0) is 13.8. The Morgan fingerprint density at radius 2 is 2.00 bits per heavy atom. The van der Waals surface area contributed by atoms with E-state index in [0.29, 0.717) is 25.3 Å². The van der Waals surface area contributed by atoms with Crippen molar-refractivity contribution in [2.75, 3.05) is 6.54 Å². The molecule has 1 rings (SSSR count). The molecule has 1 fully saturated rings. The van der Waals surface area contributed by atoms with E-state index in [0.717, 1.165) is 25.7 Å². The highest BCUT2D eigenvalue weighted by molar-refractivity contribution is 5.86. The van der Waals surface area contributed by atoms with Gasteiger partial charge in [-0.3, -0.25) is 4.79 Å². The molecular formula is C14H25NO3. The highest BCUT2D eigenvalue weighted by atomic mass is 16.4. The molecule has 0 aliphatic heterocycles. The molecule has 1 aliphatic carbocycles. The minimum absolute atomic E-state index is 0.117. The van der Waals surface area contributed by atoms with Crippen LogP contribution >= 0.6 is 0 Å². The van der Waals surface area contributed by atoms with E-state index in [2.05, 4.69) is 6.92 Å². The second kappa shape index (κ2) is 6.21. The molecule has 18 heavy (non-hydrogen) atoms. The number of hydrogen-bond acceptors (Lipinski definition) is 2. The lowest BCUT2D eigenvalue weighted by atomic mass is 9.87. The normalized spacial score (nSPS) is 28.5. The average molecular weight is 255 g/mol. The van der Waals surface area contributed by atoms with Crippen molar-refractivity contribution in [1.82, 2.24) is 4.90 Å². The summed E-state index contributed by atoms with van der Waals surface area (Å²) in [6.45, 7) is 6.16. The zero-order valence-electron chi connectivity index (χ0n) is 11.7. The summed E-state index contributed by atoms with van der Waals surface area (Å²) in [5, 5.41) is 9.65. The van der Waals surface area contributed by atoms with Crippen LogP contribution in [0.4, 0.5) is 0 Å². The quantitative estimate of drug-likeness (QED) is 0.786. The van der Waals surface area contributed by atoms with E-state index in [9.17, 15) is 14.7 Å². The fourth-order valence-corrected chi connectivity index (χ4v) is 2.99. The third kappa shape index (κ3) is 3.03. The van der Waals surface area contributed by atoms with Gasteiger partial charge in [0.15, 0.2) is 0 Å². The number of carboxylic acid groups (broad SMARTS) is 1. The average Bonchev–Trinajstić information content (AvgIpc) is 2.49. The van der Waals surface area contributed by atoms with Crippen LogP contribution in [0, 0.1) is 5.92 Å². The predicted octanol–water partition coefficient (Wildman–Crippen LogP) is 2.67. The molecule has 2 unspecified atom stereocenters. The Morgan fingerprint density at radius 1 is 1.33 bits per heavy atom. The van der Waals surface area contributed by atoms with Crippen LogP contribution in [-0.2, 0) is 9.59 Å². The van der Waals surface area contributed by atoms with Gasteiger partial charge in [-0.25, -0.2) is 4.79 Å². The lowest BCUT2D eigenvalue weighted by molar-refractivity contribution is -0.160. The summed E-state index contributed by atoms with van der Waals surface area (Å²) in [7, 11) is 0. The number of amides is 1. The van der Waals surface area contributed by atoms with Crippen LogP contribution in [0.2, 0.25) is 0 Å². The first kappa shape index (κ1) is 15.0. The fraction of sp³-hybridized carbons (Fsp3) is 0.857. The number of rotatable bonds is 4. The van der Waals surface area contributed by atoms with Gasteiger partial charge in [0.2, 0.25) is 5.91 Å². The van der Waals surface area contributed by atoms with Gasteiger partial charge in [0.25, 0.3) is 0 Å². The van der Waals surface area contributed by atoms with Crippen molar-refractivity contribution in [2.24, 2.45) is 5.92 Å². The van der Waals surface area contributed by atoms with Gasteiger partial charge in [-0.15, -0.1) is 0 Å². The van der Waals surface area contributed by atoms with E-state index in [-0.39, 0.29) is 5.91 Å². The second-order valence-electron chi connectivity index (χ2n) is 5.54. The molecule has 0 spiro atoms. The highest BCUT2D eigenvalue weighted by Crippen LogP contribution is 2.35. The Labute approximate surface area is 109 Å². The maximum Gasteiger partial charge on any atom is 0.329 e. The molecule has 0 aromatic carbocycles. The molecule has 0 bridgehead atoms. The molecule has 4 heteroatoms. The summed E-state index contributed by atoms with van der Waals surface area (Å²) < 4.78 is 0. The van der Waals surface area contributed by atoms with E-state index in [1.54, 1.807) is 4.90 Å². The van der Waals surface area contributed by atoms with E-state index in [1.165, 1.54) is 6.92 Å². The summed E-state index contributed by atoms with van der Waals surface area (Å²) in [4.78, 5) is 25.2. The first-order chi connectivity index (χ1) is 8.44. The van der Waals surface area contributed by atoms with Gasteiger partial charge in [-0.05, 0) is 31.6 Å². The van der Waals surface area contributed by atoms with Crippen molar-refractivity contribution in [2.45, 2.75) is 64.8 Å². The number of carbonyl (C=O) groups is 2. The molecule has 0 aromatic heterocycles. The third-order valence-corrected chi connectivity index (χ3v) is 4.08. The summed E-state index contributed by atoms with van der Waals surface area (Å²) in [5.74, 6) is -0.393. The smallest absolute Gasteiger partial charge is 0.329 e. The van der Waals surface area contributed by atoms with Gasteiger partial charge in [0, 0.05) is 13.5 Å². The Kier molecular flexibility index (Phi) is 5.17. The Morgan fingerprint density at radius 3 is 2.50 bits per heavy atom. The number of carboxylic acids is 1. The van der Waals surface area contributed by atoms with Crippen molar-refractivity contribution >= 4 is 11.9 Å². The molecule has 1 aliphatic rings. The van der Waals surface area contributed by atoms with Crippen molar-refractivity contribution in [3.63, 3.8) is 0 Å². The molecule has 1 saturated carbocycles. The summed E-state index contributed by atoms with van der Waals surface area (Å²) >= 11 is 0. The first-order valence-electron chi connectivity index (χ1n) is 6.95. The highest BCUT2D eigenvalue weighted by Gasteiger charge is 2.45. The number of nitrogens with zero attached hydrogens (tertiary/aromatic N) is 1. The van der Waals surface area contributed by atoms with E-state index >= 15 is 0 Å². The topological polar surface area (TPSA) is 57.6 Å². The van der Waals surface area contributed by atoms with E-state index in [1.807, 2.05) is 6.92 Å². The van der Waals surface area contributed by atoms with Crippen LogP contribution in [0.3, 0.4) is 0 Å². The van der Waals surface area contributed by atoms with Gasteiger partial charge in [0.1, 0.15) is 5.54 Å². The van der Waals surface area contributed by atoms with Crippen LogP contribution in [-0.4, -0.2) is 34.0 Å². The maximum atomic E-state index is 11.8. The minimum atomic E-state index is -0.966. The molecule has 0 aromatic rings. The van der Waals surface area contributed by atoms with Crippen molar-refractivity contribution in [1.29, 1.82) is 0 Å². The lowest BCUT2D eigenvalue weighted by Gasteiger charge is -2.39. The number of aliphatic carboxylic acids is 1. The Hall–Kier alpha value is -1.06. The first-order valence-corrected chi connectivity index (χ1v) is 6.95. The van der Waals surface area contributed by atoms with Crippen LogP contribution in [0.1, 0.15) is 59.3 Å². The molecule has 0 saturated heterocycles. The van der Waals surface area contributed by atoms with Crippen molar-refractivity contribution < 1.29 is 14.7 Å². The van der Waals surface area contributed by atoms with Gasteiger partial charge < -0.3 is 10.0 Å². The Bertz CT molecular complexity index is 316. The molecule has 1 amide bonds. The monoisotopic (exact) mass is 255 g/mol. The van der Waals surface area contributed by atoms with Crippen molar-refractivity contribution in [3.8, 4) is 0 Å². The number of hydrogen-bond donors (Lipinski definition) is 1. The molecule has 1 N–H and O–H groups in total. The Balaban J connectivity index is 3.03. The van der Waals surface area contributed by atoms with Crippen LogP contribution in [0.15, 0.2) is 0 Å². The third-order valence-electron chi connectivity index (χ3n) is 4.08. The van der Waals surface area contributed by atoms with Gasteiger partial charge in [0.05, 0.1) is 0 Å². The lowest BCUT2D eigenvalue weighted by Crippen LogP contribution is -2.56. The fourth-order valence-electron chi connectivity index (χ4n) is 2.99. The van der Waals surface area contributed by atoms with Crippen LogP contribution in [0.25, 0.3) is 0 Å². The molecule has 0 radical (unpaired) electrons. The maximum absolute atomic E-state index is 11.8. The largest absolute Gasteiger partial charge is 0.479 e. The molecule has 2 atom stereocenters. The van der Waals surface area contributed by atoms with Crippen molar-refractivity contribution in [3.05, 3.63) is 0 Å². The predicted molar refractivity (Wildman–Crippen MR) is 70.3 cm³/mol. The zero-order valence-corrected chi connectivity index (χ0v) is 11.7. The van der Waals surface area contributed by atoms with Crippen LogP contribution in [0.5, 0.6) is 0 Å². The van der Waals surface area contributed by atoms with Crippen LogP contribution < -0.4 is 0 Å².